The van der Waals surface area contributed by atoms with Crippen molar-refractivity contribution in [2.45, 2.75) is 105 Å². The van der Waals surface area contributed by atoms with Crippen LogP contribution in [0.5, 0.6) is 0 Å². The van der Waals surface area contributed by atoms with Crippen LogP contribution in [-0.4, -0.2) is 23.6 Å². The molecular weight excluding hydrogens is 352 g/mol. The summed E-state index contributed by atoms with van der Waals surface area (Å²) in [4.78, 5) is 23.4. The van der Waals surface area contributed by atoms with E-state index >= 15 is 0 Å². The lowest BCUT2D eigenvalue weighted by molar-refractivity contribution is -0.172. The average molecular weight is 393 g/mol. The molecule has 0 bridgehead atoms. The van der Waals surface area contributed by atoms with E-state index in [0.29, 0.717) is 11.8 Å². The molecule has 0 aromatic rings. The third-order valence-corrected chi connectivity index (χ3v) is 7.63. The highest BCUT2D eigenvalue weighted by Gasteiger charge is 2.57. The van der Waals surface area contributed by atoms with Gasteiger partial charge in [-0.1, -0.05) is 46.3 Å². The summed E-state index contributed by atoms with van der Waals surface area (Å²) in [6, 6.07) is 0. The van der Waals surface area contributed by atoms with Gasteiger partial charge < -0.3 is 9.47 Å². The molecule has 2 saturated carbocycles. The predicted molar refractivity (Wildman–Crippen MR) is 112 cm³/mol. The number of esters is 2. The highest BCUT2D eigenvalue weighted by Crippen LogP contribution is 2.62. The van der Waals surface area contributed by atoms with Crippen molar-refractivity contribution < 1.29 is 19.1 Å². The van der Waals surface area contributed by atoms with Gasteiger partial charge in [-0.2, -0.15) is 0 Å². The Hall–Kier alpha value is -1.32. The van der Waals surface area contributed by atoms with Crippen LogP contribution in [0, 0.1) is 22.7 Å². The Balaban J connectivity index is 2.31. The number of hydrogen-bond donors (Lipinski definition) is 0. The van der Waals surface area contributed by atoms with E-state index in [-0.39, 0.29) is 28.9 Å². The summed E-state index contributed by atoms with van der Waals surface area (Å²) in [6.45, 7) is 18.5. The van der Waals surface area contributed by atoms with Gasteiger partial charge in [0, 0.05) is 26.2 Å². The first-order valence-electron chi connectivity index (χ1n) is 10.9. The standard InChI is InChI=1S/C24H40O4/c1-9-23(7,28-18(4)26)14-11-19-16(2)15-20(27-17(3)25)21-22(5,6)12-10-13-24(19,21)8/h19-21H,2,9-15H2,1,3-8H3/t19-,20-,21-,23+,24+/m0/s1. The van der Waals surface area contributed by atoms with E-state index in [9.17, 15) is 9.59 Å². The highest BCUT2D eigenvalue weighted by atomic mass is 16.6. The van der Waals surface area contributed by atoms with Gasteiger partial charge in [0.25, 0.3) is 0 Å². The van der Waals surface area contributed by atoms with Crippen LogP contribution >= 0.6 is 0 Å². The lowest BCUT2D eigenvalue weighted by Gasteiger charge is -2.60. The molecule has 0 N–H and O–H groups in total. The SMILES string of the molecule is C=C1C[C@H](OC(C)=O)[C@H]2C(C)(C)CCC[C@]2(C)[C@H]1CC[C@@](C)(CC)OC(C)=O. The van der Waals surface area contributed by atoms with Gasteiger partial charge in [-0.05, 0) is 55.8 Å². The van der Waals surface area contributed by atoms with Crippen molar-refractivity contribution >= 4 is 11.9 Å². The minimum absolute atomic E-state index is 0.0437. The molecular formula is C24H40O4. The van der Waals surface area contributed by atoms with Crippen LogP contribution in [0.25, 0.3) is 0 Å². The number of rotatable bonds is 6. The minimum Gasteiger partial charge on any atom is -0.462 e. The molecule has 0 aliphatic heterocycles. The molecule has 2 aliphatic carbocycles. The third-order valence-electron chi connectivity index (χ3n) is 7.63. The van der Waals surface area contributed by atoms with Crippen LogP contribution in [0.2, 0.25) is 0 Å². The van der Waals surface area contributed by atoms with Crippen molar-refractivity contribution in [2.24, 2.45) is 22.7 Å². The van der Waals surface area contributed by atoms with Crippen LogP contribution in [0.15, 0.2) is 12.2 Å². The normalized spacial score (nSPS) is 34.1. The molecule has 0 unspecified atom stereocenters. The van der Waals surface area contributed by atoms with E-state index in [1.54, 1.807) is 0 Å². The zero-order valence-electron chi connectivity index (χ0n) is 19.0. The monoisotopic (exact) mass is 392 g/mol. The smallest absolute Gasteiger partial charge is 0.303 e. The molecule has 0 heterocycles. The number of fused-ring (bicyclic) bond motifs is 1. The first-order chi connectivity index (χ1) is 12.8. The maximum atomic E-state index is 11.8. The van der Waals surface area contributed by atoms with E-state index in [1.807, 2.05) is 6.92 Å². The Morgan fingerprint density at radius 2 is 1.82 bits per heavy atom. The largest absolute Gasteiger partial charge is 0.462 e. The molecule has 0 saturated heterocycles. The number of carbonyl (C=O) groups is 2. The maximum Gasteiger partial charge on any atom is 0.303 e. The van der Waals surface area contributed by atoms with Crippen molar-refractivity contribution in [3.05, 3.63) is 12.2 Å². The van der Waals surface area contributed by atoms with Gasteiger partial charge >= 0.3 is 11.9 Å². The molecule has 2 aliphatic rings. The van der Waals surface area contributed by atoms with Crippen molar-refractivity contribution in [2.75, 3.05) is 0 Å². The van der Waals surface area contributed by atoms with Gasteiger partial charge in [0.1, 0.15) is 11.7 Å². The molecule has 5 atom stereocenters. The second-order valence-electron chi connectivity index (χ2n) is 10.3. The summed E-state index contributed by atoms with van der Waals surface area (Å²) >= 11 is 0. The molecule has 2 rings (SSSR count). The van der Waals surface area contributed by atoms with E-state index in [0.717, 1.165) is 38.5 Å². The topological polar surface area (TPSA) is 52.6 Å². The second kappa shape index (κ2) is 8.20. The van der Waals surface area contributed by atoms with Gasteiger partial charge in [-0.15, -0.1) is 0 Å². The molecule has 160 valence electrons. The maximum absolute atomic E-state index is 11.8. The van der Waals surface area contributed by atoms with E-state index in [4.69, 9.17) is 9.47 Å². The van der Waals surface area contributed by atoms with Crippen molar-refractivity contribution in [3.8, 4) is 0 Å². The zero-order valence-corrected chi connectivity index (χ0v) is 19.0. The molecule has 2 fully saturated rings. The third kappa shape index (κ3) is 4.63. The zero-order chi connectivity index (χ0) is 21.3. The second-order valence-corrected chi connectivity index (χ2v) is 10.3. The Kier molecular flexibility index (Phi) is 6.72. The van der Waals surface area contributed by atoms with Crippen LogP contribution in [0.1, 0.15) is 93.4 Å². The van der Waals surface area contributed by atoms with Gasteiger partial charge in [0.2, 0.25) is 0 Å². The molecule has 0 amide bonds. The summed E-state index contributed by atoms with van der Waals surface area (Å²) in [5.74, 6) is 0.248. The number of hydrogen-bond acceptors (Lipinski definition) is 4. The van der Waals surface area contributed by atoms with Gasteiger partial charge in [-0.25, -0.2) is 0 Å². The molecule has 4 nitrogen and oxygen atoms in total. The van der Waals surface area contributed by atoms with Gasteiger partial charge in [0.15, 0.2) is 0 Å². The quantitative estimate of drug-likeness (QED) is 0.421. The van der Waals surface area contributed by atoms with Crippen LogP contribution in [-0.2, 0) is 19.1 Å². The molecule has 28 heavy (non-hydrogen) atoms. The van der Waals surface area contributed by atoms with E-state index in [2.05, 4.69) is 34.3 Å². The Labute approximate surface area is 171 Å². The van der Waals surface area contributed by atoms with Crippen molar-refractivity contribution in [1.82, 2.24) is 0 Å². The summed E-state index contributed by atoms with van der Waals surface area (Å²) in [5, 5.41) is 0. The first kappa shape index (κ1) is 23.0. The van der Waals surface area contributed by atoms with E-state index < -0.39 is 5.60 Å². The first-order valence-corrected chi connectivity index (χ1v) is 10.9. The molecule has 0 aromatic heterocycles. The van der Waals surface area contributed by atoms with Gasteiger partial charge in [-0.3, -0.25) is 9.59 Å². The molecule has 4 heteroatoms. The number of carbonyl (C=O) groups excluding carboxylic acids is 2. The Morgan fingerprint density at radius 1 is 1.18 bits per heavy atom. The molecule has 0 radical (unpaired) electrons. The minimum atomic E-state index is -0.436. The van der Waals surface area contributed by atoms with Crippen LogP contribution < -0.4 is 0 Å². The Bertz CT molecular complexity index is 622. The fraction of sp³-hybridized carbons (Fsp3) is 0.833. The van der Waals surface area contributed by atoms with Crippen LogP contribution in [0.4, 0.5) is 0 Å². The fourth-order valence-corrected chi connectivity index (χ4v) is 6.39. The van der Waals surface area contributed by atoms with Crippen molar-refractivity contribution in [3.63, 3.8) is 0 Å². The average Bonchev–Trinajstić information content (AvgIpc) is 2.51. The van der Waals surface area contributed by atoms with Gasteiger partial charge in [0.05, 0.1) is 0 Å². The fourth-order valence-electron chi connectivity index (χ4n) is 6.39. The van der Waals surface area contributed by atoms with E-state index in [1.165, 1.54) is 25.8 Å². The molecule has 0 aromatic carbocycles. The summed E-state index contributed by atoms with van der Waals surface area (Å²) < 4.78 is 11.5. The summed E-state index contributed by atoms with van der Waals surface area (Å²) in [5.41, 5.74) is 0.913. The van der Waals surface area contributed by atoms with Crippen LogP contribution in [0.3, 0.4) is 0 Å². The Morgan fingerprint density at radius 3 is 2.36 bits per heavy atom. The highest BCUT2D eigenvalue weighted by molar-refractivity contribution is 5.66. The summed E-state index contributed by atoms with van der Waals surface area (Å²) in [7, 11) is 0. The lowest BCUT2D eigenvalue weighted by atomic mass is 9.46. The predicted octanol–water partition coefficient (Wildman–Crippen LogP) is 5.84. The summed E-state index contributed by atoms with van der Waals surface area (Å²) in [6.07, 6.45) is 6.69. The lowest BCUT2D eigenvalue weighted by Crippen LogP contribution is -2.56. The van der Waals surface area contributed by atoms with Crippen molar-refractivity contribution in [1.29, 1.82) is 0 Å². The molecule has 0 spiro atoms. The number of ether oxygens (including phenoxy) is 2.